The zero-order valence-corrected chi connectivity index (χ0v) is 28.9. The predicted molar refractivity (Wildman–Crippen MR) is 187 cm³/mol. The van der Waals surface area contributed by atoms with Gasteiger partial charge < -0.3 is 15.0 Å². The highest BCUT2D eigenvalue weighted by Crippen LogP contribution is 2.28. The molecule has 8 nitrogen and oxygen atoms in total. The van der Waals surface area contributed by atoms with E-state index >= 15 is 0 Å². The number of nitrogens with one attached hydrogen (secondary N) is 1. The van der Waals surface area contributed by atoms with Crippen LogP contribution in [-0.2, 0) is 32.6 Å². The molecule has 4 aromatic rings. The first-order valence-corrected chi connectivity index (χ1v) is 17.6. The molecule has 248 valence electrons. The Hall–Kier alpha value is -4.05. The van der Waals surface area contributed by atoms with Crippen LogP contribution in [0.15, 0.2) is 108 Å². The van der Waals surface area contributed by atoms with Crippen LogP contribution in [0.5, 0.6) is 5.75 Å². The van der Waals surface area contributed by atoms with Crippen molar-refractivity contribution in [1.82, 2.24) is 10.2 Å². The van der Waals surface area contributed by atoms with Crippen molar-refractivity contribution in [1.29, 1.82) is 0 Å². The van der Waals surface area contributed by atoms with Crippen molar-refractivity contribution in [3.8, 4) is 5.75 Å². The molecule has 0 heterocycles. The van der Waals surface area contributed by atoms with E-state index in [1.165, 1.54) is 17.0 Å². The Morgan fingerprint density at radius 1 is 0.830 bits per heavy atom. The van der Waals surface area contributed by atoms with Gasteiger partial charge in [-0.05, 0) is 79.9 Å². The normalized spacial score (nSPS) is 12.5. The fourth-order valence-electron chi connectivity index (χ4n) is 4.95. The van der Waals surface area contributed by atoms with E-state index in [2.05, 4.69) is 5.32 Å². The smallest absolute Gasteiger partial charge is 0.264 e. The summed E-state index contributed by atoms with van der Waals surface area (Å²) in [5.74, 6) is -0.399. The summed E-state index contributed by atoms with van der Waals surface area (Å²) in [6.07, 6.45) is 0.889. The van der Waals surface area contributed by atoms with Gasteiger partial charge in [-0.3, -0.25) is 13.9 Å². The molecule has 0 saturated heterocycles. The maximum Gasteiger partial charge on any atom is 0.264 e. The topological polar surface area (TPSA) is 96.0 Å². The van der Waals surface area contributed by atoms with Crippen LogP contribution in [0, 0.1) is 0 Å². The van der Waals surface area contributed by atoms with Gasteiger partial charge in [-0.25, -0.2) is 8.42 Å². The SMILES string of the molecule is CCOc1ccc(S(=O)(=O)N(CC(=O)N(Cc2ccc(Cl)c(Cl)c2)[C@@H](Cc2ccccc2)C(=O)N[C@@H](C)CC)c2ccccc2)cc1. The van der Waals surface area contributed by atoms with Gasteiger partial charge in [0.15, 0.2) is 0 Å². The number of amides is 2. The molecule has 0 aliphatic rings. The maximum atomic E-state index is 14.6. The minimum absolute atomic E-state index is 0.0102. The van der Waals surface area contributed by atoms with Crippen molar-refractivity contribution in [3.63, 3.8) is 0 Å². The van der Waals surface area contributed by atoms with E-state index in [-0.39, 0.29) is 29.8 Å². The van der Waals surface area contributed by atoms with Gasteiger partial charge in [-0.1, -0.05) is 84.7 Å². The number of hydrogen-bond acceptors (Lipinski definition) is 5. The average Bonchev–Trinajstić information content (AvgIpc) is 3.07. The maximum absolute atomic E-state index is 14.6. The molecular formula is C36H39Cl2N3O5S. The highest BCUT2D eigenvalue weighted by atomic mass is 35.5. The number of carbonyl (C=O) groups excluding carboxylic acids is 2. The number of rotatable bonds is 15. The first kappa shape index (κ1) is 35.8. The molecule has 0 aliphatic carbocycles. The number of carbonyl (C=O) groups is 2. The molecule has 0 fully saturated rings. The molecule has 47 heavy (non-hydrogen) atoms. The fourth-order valence-corrected chi connectivity index (χ4v) is 6.69. The highest BCUT2D eigenvalue weighted by molar-refractivity contribution is 7.92. The number of ether oxygens (including phenoxy) is 1. The summed E-state index contributed by atoms with van der Waals surface area (Å²) in [4.78, 5) is 29.9. The van der Waals surface area contributed by atoms with Crippen molar-refractivity contribution in [2.75, 3.05) is 17.5 Å². The van der Waals surface area contributed by atoms with Crippen molar-refractivity contribution >= 4 is 50.7 Å². The second-order valence-corrected chi connectivity index (χ2v) is 13.7. The van der Waals surface area contributed by atoms with Crippen LogP contribution in [0.3, 0.4) is 0 Å². The minimum atomic E-state index is -4.24. The second-order valence-electron chi connectivity index (χ2n) is 11.0. The Bertz CT molecular complexity index is 1740. The molecule has 0 saturated carbocycles. The zero-order chi connectivity index (χ0) is 34.0. The molecule has 4 rings (SSSR count). The first-order chi connectivity index (χ1) is 22.5. The summed E-state index contributed by atoms with van der Waals surface area (Å²) in [5.41, 5.74) is 1.77. The van der Waals surface area contributed by atoms with Crippen LogP contribution in [0.25, 0.3) is 0 Å². The third-order valence-electron chi connectivity index (χ3n) is 7.65. The summed E-state index contributed by atoms with van der Waals surface area (Å²) < 4.78 is 34.9. The van der Waals surface area contributed by atoms with E-state index in [1.54, 1.807) is 60.7 Å². The van der Waals surface area contributed by atoms with Gasteiger partial charge in [0.25, 0.3) is 10.0 Å². The molecule has 0 bridgehead atoms. The van der Waals surface area contributed by atoms with Crippen molar-refractivity contribution < 1.29 is 22.7 Å². The lowest BCUT2D eigenvalue weighted by atomic mass is 10.0. The molecule has 0 aromatic heterocycles. The van der Waals surface area contributed by atoms with Crippen LogP contribution in [0.1, 0.15) is 38.3 Å². The lowest BCUT2D eigenvalue weighted by Crippen LogP contribution is -2.54. The zero-order valence-electron chi connectivity index (χ0n) is 26.6. The van der Waals surface area contributed by atoms with Crippen molar-refractivity contribution in [3.05, 3.63) is 124 Å². The summed E-state index contributed by atoms with van der Waals surface area (Å²) in [6.45, 7) is 5.53. The number of sulfonamides is 1. The number of hydrogen-bond donors (Lipinski definition) is 1. The number of anilines is 1. The lowest BCUT2D eigenvalue weighted by molar-refractivity contribution is -0.140. The van der Waals surface area contributed by atoms with Crippen molar-refractivity contribution in [2.45, 2.75) is 57.1 Å². The van der Waals surface area contributed by atoms with E-state index < -0.39 is 28.5 Å². The standard InChI is InChI=1S/C36H39Cl2N3O5S/c1-4-26(3)39-36(43)34(23-27-12-8-6-9-13-27)40(24-28-16-21-32(37)33(38)22-28)35(42)25-41(29-14-10-7-11-15-29)47(44,45)31-19-17-30(18-20-31)46-5-2/h6-22,26,34H,4-5,23-25H2,1-3H3,(H,39,43)/t26-,34-/m0/s1. The summed E-state index contributed by atoms with van der Waals surface area (Å²) in [6, 6.07) is 27.7. The number of benzene rings is 4. The van der Waals surface area contributed by atoms with Crippen LogP contribution < -0.4 is 14.4 Å². The number of para-hydroxylation sites is 1. The Morgan fingerprint density at radius 3 is 2.06 bits per heavy atom. The van der Waals surface area contributed by atoms with Crippen molar-refractivity contribution in [2.24, 2.45) is 0 Å². The molecule has 0 radical (unpaired) electrons. The molecule has 1 N–H and O–H groups in total. The highest BCUT2D eigenvalue weighted by Gasteiger charge is 2.35. The van der Waals surface area contributed by atoms with E-state index in [9.17, 15) is 18.0 Å². The lowest BCUT2D eigenvalue weighted by Gasteiger charge is -2.34. The van der Waals surface area contributed by atoms with E-state index in [1.807, 2.05) is 51.1 Å². The van der Waals surface area contributed by atoms with Gasteiger partial charge in [-0.15, -0.1) is 0 Å². The summed E-state index contributed by atoms with van der Waals surface area (Å²) in [7, 11) is -4.24. The van der Waals surface area contributed by atoms with Gasteiger partial charge in [0.2, 0.25) is 11.8 Å². The third-order valence-corrected chi connectivity index (χ3v) is 10.2. The van der Waals surface area contributed by atoms with E-state index in [0.717, 1.165) is 9.87 Å². The molecular weight excluding hydrogens is 657 g/mol. The third kappa shape index (κ3) is 9.50. The van der Waals surface area contributed by atoms with Gasteiger partial charge in [0, 0.05) is 19.0 Å². The molecule has 0 spiro atoms. The Morgan fingerprint density at radius 2 is 1.47 bits per heavy atom. The number of nitrogens with zero attached hydrogens (tertiary/aromatic N) is 2. The van der Waals surface area contributed by atoms with E-state index in [4.69, 9.17) is 27.9 Å². The monoisotopic (exact) mass is 695 g/mol. The summed E-state index contributed by atoms with van der Waals surface area (Å²) in [5, 5.41) is 3.67. The van der Waals surface area contributed by atoms with Crippen LogP contribution in [0.2, 0.25) is 10.0 Å². The first-order valence-electron chi connectivity index (χ1n) is 15.4. The van der Waals surface area contributed by atoms with Gasteiger partial charge >= 0.3 is 0 Å². The molecule has 11 heteroatoms. The Kier molecular flexibility index (Phi) is 12.7. The van der Waals surface area contributed by atoms with Crippen LogP contribution in [0.4, 0.5) is 5.69 Å². The minimum Gasteiger partial charge on any atom is -0.494 e. The van der Waals surface area contributed by atoms with Gasteiger partial charge in [0.05, 0.1) is 27.2 Å². The molecule has 0 aliphatic heterocycles. The Balaban J connectivity index is 1.79. The quantitative estimate of drug-likeness (QED) is 0.143. The molecule has 0 unspecified atom stereocenters. The number of halogens is 2. The van der Waals surface area contributed by atoms with Crippen LogP contribution >= 0.6 is 23.2 Å². The van der Waals surface area contributed by atoms with Gasteiger partial charge in [0.1, 0.15) is 18.3 Å². The largest absolute Gasteiger partial charge is 0.494 e. The fraction of sp³-hybridized carbons (Fsp3) is 0.278. The predicted octanol–water partition coefficient (Wildman–Crippen LogP) is 7.14. The second kappa shape index (κ2) is 16.7. The molecule has 2 amide bonds. The van der Waals surface area contributed by atoms with E-state index in [0.29, 0.717) is 40.1 Å². The van der Waals surface area contributed by atoms with Crippen LogP contribution in [-0.4, -0.2) is 50.4 Å². The molecule has 2 atom stereocenters. The summed E-state index contributed by atoms with van der Waals surface area (Å²) >= 11 is 12.5. The average molecular weight is 697 g/mol. The molecule has 4 aromatic carbocycles. The Labute approximate surface area is 287 Å². The van der Waals surface area contributed by atoms with Gasteiger partial charge in [-0.2, -0.15) is 0 Å².